The van der Waals surface area contributed by atoms with Gasteiger partial charge in [0.15, 0.2) is 0 Å². The van der Waals surface area contributed by atoms with Gasteiger partial charge >= 0.3 is 0 Å². The summed E-state index contributed by atoms with van der Waals surface area (Å²) < 4.78 is 16.4. The highest BCUT2D eigenvalue weighted by molar-refractivity contribution is 5.48. The molecule has 0 saturated carbocycles. The van der Waals surface area contributed by atoms with Crippen LogP contribution in [0.4, 0.5) is 4.39 Å². The number of rotatable bonds is 1. The van der Waals surface area contributed by atoms with Crippen LogP contribution in [0.5, 0.6) is 0 Å². The highest BCUT2D eigenvalue weighted by Crippen LogP contribution is 2.43. The summed E-state index contributed by atoms with van der Waals surface area (Å²) in [5.74, 6) is -0.214. The summed E-state index contributed by atoms with van der Waals surface area (Å²) in [7, 11) is 0. The van der Waals surface area contributed by atoms with E-state index in [4.69, 9.17) is 0 Å². The molecule has 1 atom stereocenters. The molecule has 0 bridgehead atoms. The minimum absolute atomic E-state index is 0.0219. The molecule has 1 aliphatic rings. The van der Waals surface area contributed by atoms with Crippen molar-refractivity contribution in [3.05, 3.63) is 52.6 Å². The second-order valence-corrected chi connectivity index (χ2v) is 6.99. The highest BCUT2D eigenvalue weighted by atomic mass is 19.1. The van der Waals surface area contributed by atoms with Crippen LogP contribution in [0.3, 0.4) is 0 Å². The number of fused-ring (bicyclic) bond motifs is 1. The fourth-order valence-electron chi connectivity index (χ4n) is 3.56. The van der Waals surface area contributed by atoms with Gasteiger partial charge in [-0.25, -0.2) is 4.39 Å². The molecule has 1 unspecified atom stereocenters. The Morgan fingerprint density at radius 1 is 1.29 bits per heavy atom. The first-order valence-electron chi connectivity index (χ1n) is 7.45. The average Bonchev–Trinajstić information content (AvgIpc) is 2.66. The lowest BCUT2D eigenvalue weighted by Crippen LogP contribution is -2.26. The minimum Gasteiger partial charge on any atom is -0.388 e. The molecule has 21 heavy (non-hydrogen) atoms. The first kappa shape index (κ1) is 14.3. The van der Waals surface area contributed by atoms with Gasteiger partial charge in [0.25, 0.3) is 0 Å². The van der Waals surface area contributed by atoms with Crippen molar-refractivity contribution in [1.29, 1.82) is 0 Å². The largest absolute Gasteiger partial charge is 0.388 e. The predicted octanol–water partition coefficient (Wildman–Crippen LogP) is 4.24. The van der Waals surface area contributed by atoms with Gasteiger partial charge in [0.05, 0.1) is 11.8 Å². The van der Waals surface area contributed by atoms with Gasteiger partial charge in [0.1, 0.15) is 5.82 Å². The molecule has 112 valence electrons. The number of nitrogens with zero attached hydrogens (tertiary/aromatic N) is 1. The van der Waals surface area contributed by atoms with Crippen molar-refractivity contribution in [2.45, 2.75) is 46.6 Å². The summed E-state index contributed by atoms with van der Waals surface area (Å²) in [6.07, 6.45) is 1.14. The number of aryl methyl sites for hydroxylation is 2. The lowest BCUT2D eigenvalue weighted by Gasteiger charge is -2.34. The van der Waals surface area contributed by atoms with Crippen LogP contribution in [0.2, 0.25) is 0 Å². The van der Waals surface area contributed by atoms with Crippen LogP contribution in [-0.4, -0.2) is 9.67 Å². The van der Waals surface area contributed by atoms with E-state index in [1.807, 2.05) is 30.5 Å². The maximum atomic E-state index is 14.4. The predicted molar refractivity (Wildman–Crippen MR) is 82.3 cm³/mol. The van der Waals surface area contributed by atoms with Crippen molar-refractivity contribution in [1.82, 2.24) is 4.57 Å². The Bertz CT molecular complexity index is 679. The molecule has 0 saturated heterocycles. The smallest absolute Gasteiger partial charge is 0.147 e. The summed E-state index contributed by atoms with van der Waals surface area (Å²) in [5.41, 5.74) is 4.52. The average molecular weight is 287 g/mol. The van der Waals surface area contributed by atoms with Gasteiger partial charge in [-0.3, -0.25) is 0 Å². The van der Waals surface area contributed by atoms with Crippen LogP contribution in [0.15, 0.2) is 24.3 Å². The van der Waals surface area contributed by atoms with Crippen molar-refractivity contribution >= 4 is 0 Å². The van der Waals surface area contributed by atoms with Crippen LogP contribution < -0.4 is 0 Å². The van der Waals surface area contributed by atoms with E-state index in [0.29, 0.717) is 5.69 Å². The lowest BCUT2D eigenvalue weighted by molar-refractivity contribution is 0.0986. The van der Waals surface area contributed by atoms with Crippen LogP contribution in [0.1, 0.15) is 48.9 Å². The molecule has 1 aromatic heterocycles. The third-order valence-corrected chi connectivity index (χ3v) is 4.48. The fraction of sp³-hybridized carbons (Fsp3) is 0.444. The first-order valence-corrected chi connectivity index (χ1v) is 7.45. The number of halogens is 1. The van der Waals surface area contributed by atoms with E-state index in [2.05, 4.69) is 13.8 Å². The number of aliphatic hydroxyl groups excluding tert-OH is 1. The van der Waals surface area contributed by atoms with Crippen LogP contribution in [0, 0.1) is 25.1 Å². The monoisotopic (exact) mass is 287 g/mol. The zero-order valence-electron chi connectivity index (χ0n) is 13.1. The molecule has 2 aromatic rings. The van der Waals surface area contributed by atoms with Gasteiger partial charge in [-0.2, -0.15) is 0 Å². The van der Waals surface area contributed by atoms with Crippen molar-refractivity contribution in [2.24, 2.45) is 5.41 Å². The molecule has 0 fully saturated rings. The number of para-hydroxylation sites is 1. The van der Waals surface area contributed by atoms with Crippen molar-refractivity contribution in [2.75, 3.05) is 0 Å². The Labute approximate surface area is 125 Å². The Morgan fingerprint density at radius 2 is 2.00 bits per heavy atom. The number of hydrogen-bond donors (Lipinski definition) is 1. The van der Waals surface area contributed by atoms with E-state index in [1.54, 1.807) is 6.07 Å². The SMILES string of the molecule is Cc1cccc(F)c1-n1c(C)cc2c1CC(C)(C)CC2O. The minimum atomic E-state index is -0.462. The summed E-state index contributed by atoms with van der Waals surface area (Å²) in [6.45, 7) is 8.21. The van der Waals surface area contributed by atoms with Gasteiger partial charge in [-0.1, -0.05) is 26.0 Å². The zero-order valence-corrected chi connectivity index (χ0v) is 13.1. The quantitative estimate of drug-likeness (QED) is 0.834. The first-order chi connectivity index (χ1) is 9.80. The molecule has 1 aromatic carbocycles. The number of benzene rings is 1. The standard InChI is InChI=1S/C18H22FNO/c1-11-6-5-7-14(19)17(11)20-12(2)8-13-15(20)9-18(3,4)10-16(13)21/h5-8,16,21H,9-10H2,1-4H3. The van der Waals surface area contributed by atoms with Crippen LogP contribution in [0.25, 0.3) is 5.69 Å². The summed E-state index contributed by atoms with van der Waals surface area (Å²) in [5, 5.41) is 10.4. The fourth-order valence-corrected chi connectivity index (χ4v) is 3.56. The van der Waals surface area contributed by atoms with Crippen molar-refractivity contribution in [3.8, 4) is 5.69 Å². The topological polar surface area (TPSA) is 25.2 Å². The second kappa shape index (κ2) is 4.70. The molecule has 1 N–H and O–H groups in total. The van der Waals surface area contributed by atoms with Crippen LogP contribution >= 0.6 is 0 Å². The maximum Gasteiger partial charge on any atom is 0.147 e. The molecule has 1 aliphatic carbocycles. The summed E-state index contributed by atoms with van der Waals surface area (Å²) in [4.78, 5) is 0. The van der Waals surface area contributed by atoms with E-state index in [0.717, 1.165) is 35.4 Å². The number of aromatic nitrogens is 1. The molecule has 1 heterocycles. The van der Waals surface area contributed by atoms with E-state index in [9.17, 15) is 9.50 Å². The zero-order chi connectivity index (χ0) is 15.4. The molecule has 0 amide bonds. The number of hydrogen-bond acceptors (Lipinski definition) is 1. The van der Waals surface area contributed by atoms with Gasteiger partial charge in [0.2, 0.25) is 0 Å². The van der Waals surface area contributed by atoms with Gasteiger partial charge in [-0.05, 0) is 49.8 Å². The maximum absolute atomic E-state index is 14.4. The molecule has 0 radical (unpaired) electrons. The van der Waals surface area contributed by atoms with E-state index >= 15 is 0 Å². The molecular formula is C18H22FNO. The molecule has 3 rings (SSSR count). The molecule has 3 heteroatoms. The van der Waals surface area contributed by atoms with E-state index in [1.165, 1.54) is 6.07 Å². The third kappa shape index (κ3) is 2.30. The van der Waals surface area contributed by atoms with Crippen molar-refractivity contribution < 1.29 is 9.50 Å². The Morgan fingerprint density at radius 3 is 2.67 bits per heavy atom. The normalized spacial score (nSPS) is 20.4. The molecule has 0 spiro atoms. The van der Waals surface area contributed by atoms with Gasteiger partial charge in [0, 0.05) is 17.0 Å². The molecule has 2 nitrogen and oxygen atoms in total. The lowest BCUT2D eigenvalue weighted by atomic mass is 9.75. The Balaban J connectivity index is 2.26. The third-order valence-electron chi connectivity index (χ3n) is 4.48. The van der Waals surface area contributed by atoms with E-state index < -0.39 is 6.10 Å². The van der Waals surface area contributed by atoms with Gasteiger partial charge in [-0.15, -0.1) is 0 Å². The van der Waals surface area contributed by atoms with Gasteiger partial charge < -0.3 is 9.67 Å². The Hall–Kier alpha value is -1.61. The number of aliphatic hydroxyl groups is 1. The summed E-state index contributed by atoms with van der Waals surface area (Å²) >= 11 is 0. The van der Waals surface area contributed by atoms with E-state index in [-0.39, 0.29) is 11.2 Å². The van der Waals surface area contributed by atoms with Crippen molar-refractivity contribution in [3.63, 3.8) is 0 Å². The Kier molecular flexibility index (Phi) is 3.21. The highest BCUT2D eigenvalue weighted by Gasteiger charge is 2.34. The summed E-state index contributed by atoms with van der Waals surface area (Å²) in [6, 6.07) is 7.16. The second-order valence-electron chi connectivity index (χ2n) is 6.99. The molecule has 0 aliphatic heterocycles. The molecular weight excluding hydrogens is 265 g/mol. The van der Waals surface area contributed by atoms with Crippen LogP contribution in [-0.2, 0) is 6.42 Å².